The van der Waals surface area contributed by atoms with Crippen molar-refractivity contribution in [1.82, 2.24) is 5.32 Å². The van der Waals surface area contributed by atoms with Crippen LogP contribution in [0.3, 0.4) is 0 Å². The fourth-order valence-electron chi connectivity index (χ4n) is 3.77. The summed E-state index contributed by atoms with van der Waals surface area (Å²) < 4.78 is 32.8. The second kappa shape index (κ2) is 7.06. The number of ether oxygens (including phenoxy) is 1. The molecule has 0 aromatic heterocycles. The van der Waals surface area contributed by atoms with Crippen LogP contribution in [0.15, 0.2) is 60.2 Å². The molecule has 1 fully saturated rings. The molecule has 2 unspecified atom stereocenters. The fourth-order valence-corrected chi connectivity index (χ4v) is 3.77. The summed E-state index contributed by atoms with van der Waals surface area (Å²) in [6, 6.07) is 13.6. The van der Waals surface area contributed by atoms with Crippen LogP contribution in [0.25, 0.3) is 0 Å². The molecule has 1 N–H and O–H groups in total. The van der Waals surface area contributed by atoms with Crippen LogP contribution in [0, 0.1) is 11.6 Å². The molecule has 2 heterocycles. The summed E-state index contributed by atoms with van der Waals surface area (Å²) in [6.45, 7) is 0.536. The highest BCUT2D eigenvalue weighted by Gasteiger charge is 2.28. The van der Waals surface area contributed by atoms with Gasteiger partial charge in [0, 0.05) is 12.1 Å². The molecule has 1 saturated heterocycles. The zero-order valence-corrected chi connectivity index (χ0v) is 13.9. The van der Waals surface area contributed by atoms with E-state index in [0.29, 0.717) is 18.7 Å². The van der Waals surface area contributed by atoms with E-state index in [1.54, 1.807) is 24.3 Å². The maximum absolute atomic E-state index is 13.3. The zero-order chi connectivity index (χ0) is 17.2. The second-order valence-corrected chi connectivity index (χ2v) is 6.87. The zero-order valence-electron chi connectivity index (χ0n) is 13.9. The standard InChI is InChI=1S/C21H21F2NO/c22-17-5-1-15(2-6-17)21(16-3-7-18(23)8-4-16)25-13-14-11-19-9-10-20(12-14)24-19/h1-8,11,19-21,24H,9-10,12-13H2. The average Bonchev–Trinajstić information content (AvgIpc) is 2.96. The van der Waals surface area contributed by atoms with E-state index in [0.717, 1.165) is 17.5 Å². The lowest BCUT2D eigenvalue weighted by Gasteiger charge is -2.24. The van der Waals surface area contributed by atoms with Gasteiger partial charge in [-0.25, -0.2) is 8.78 Å². The third-order valence-corrected chi connectivity index (χ3v) is 5.00. The van der Waals surface area contributed by atoms with Crippen LogP contribution < -0.4 is 5.32 Å². The van der Waals surface area contributed by atoms with E-state index in [9.17, 15) is 8.78 Å². The molecule has 130 valence electrons. The Morgan fingerprint density at radius 3 is 2.08 bits per heavy atom. The van der Waals surface area contributed by atoms with Crippen molar-refractivity contribution in [3.8, 4) is 0 Å². The molecule has 2 aliphatic heterocycles. The molecule has 0 aliphatic carbocycles. The van der Waals surface area contributed by atoms with E-state index < -0.39 is 0 Å². The third kappa shape index (κ3) is 3.80. The van der Waals surface area contributed by atoms with Gasteiger partial charge in [-0.1, -0.05) is 30.3 Å². The van der Waals surface area contributed by atoms with E-state index in [1.165, 1.54) is 42.7 Å². The van der Waals surface area contributed by atoms with Crippen LogP contribution in [-0.2, 0) is 4.74 Å². The van der Waals surface area contributed by atoms with E-state index in [2.05, 4.69) is 11.4 Å². The van der Waals surface area contributed by atoms with Gasteiger partial charge in [-0.3, -0.25) is 0 Å². The van der Waals surface area contributed by atoms with Crippen molar-refractivity contribution in [3.05, 3.63) is 82.9 Å². The summed E-state index contributed by atoms with van der Waals surface area (Å²) in [5.74, 6) is -0.557. The number of halogens is 2. The van der Waals surface area contributed by atoms with E-state index in [-0.39, 0.29) is 17.7 Å². The first-order chi connectivity index (χ1) is 12.2. The second-order valence-electron chi connectivity index (χ2n) is 6.87. The van der Waals surface area contributed by atoms with E-state index in [4.69, 9.17) is 4.74 Å². The minimum Gasteiger partial charge on any atom is -0.364 e. The van der Waals surface area contributed by atoms with Crippen molar-refractivity contribution in [1.29, 1.82) is 0 Å². The van der Waals surface area contributed by atoms with Crippen molar-refractivity contribution in [2.45, 2.75) is 37.5 Å². The first-order valence-corrected chi connectivity index (χ1v) is 8.75. The van der Waals surface area contributed by atoms with Crippen LogP contribution in [0.1, 0.15) is 36.5 Å². The molecule has 4 heteroatoms. The average molecular weight is 341 g/mol. The topological polar surface area (TPSA) is 21.3 Å². The van der Waals surface area contributed by atoms with Gasteiger partial charge in [0.2, 0.25) is 0 Å². The normalized spacial score (nSPS) is 22.3. The Hall–Kier alpha value is -2.04. The van der Waals surface area contributed by atoms with Crippen molar-refractivity contribution < 1.29 is 13.5 Å². The van der Waals surface area contributed by atoms with Gasteiger partial charge in [0.25, 0.3) is 0 Å². The van der Waals surface area contributed by atoms with Gasteiger partial charge in [0.15, 0.2) is 0 Å². The van der Waals surface area contributed by atoms with Crippen LogP contribution in [-0.4, -0.2) is 18.7 Å². The number of fused-ring (bicyclic) bond motifs is 2. The van der Waals surface area contributed by atoms with Crippen LogP contribution in [0.2, 0.25) is 0 Å². The molecule has 2 atom stereocenters. The number of rotatable bonds is 5. The molecule has 0 saturated carbocycles. The minimum atomic E-state index is -0.338. The van der Waals surface area contributed by atoms with Crippen LogP contribution in [0.4, 0.5) is 8.78 Å². The van der Waals surface area contributed by atoms with Crippen molar-refractivity contribution in [3.63, 3.8) is 0 Å². The molecular formula is C21H21F2NO. The predicted octanol–water partition coefficient (Wildman–Crippen LogP) is 4.52. The van der Waals surface area contributed by atoms with Gasteiger partial charge < -0.3 is 10.1 Å². The Balaban J connectivity index is 1.55. The maximum atomic E-state index is 13.3. The van der Waals surface area contributed by atoms with Gasteiger partial charge in [-0.15, -0.1) is 0 Å². The van der Waals surface area contributed by atoms with Crippen LogP contribution >= 0.6 is 0 Å². The van der Waals surface area contributed by atoms with Crippen molar-refractivity contribution in [2.24, 2.45) is 0 Å². The van der Waals surface area contributed by atoms with Gasteiger partial charge in [0.1, 0.15) is 17.7 Å². The molecule has 2 nitrogen and oxygen atoms in total. The fraction of sp³-hybridized carbons (Fsp3) is 0.333. The number of hydrogen-bond acceptors (Lipinski definition) is 2. The third-order valence-electron chi connectivity index (χ3n) is 5.00. The highest BCUT2D eigenvalue weighted by molar-refractivity contribution is 5.31. The summed E-state index contributed by atoms with van der Waals surface area (Å²) in [5.41, 5.74) is 3.04. The Morgan fingerprint density at radius 2 is 1.52 bits per heavy atom. The summed E-state index contributed by atoms with van der Waals surface area (Å²) in [7, 11) is 0. The van der Waals surface area contributed by atoms with E-state index >= 15 is 0 Å². The Labute approximate surface area is 146 Å². The quantitative estimate of drug-likeness (QED) is 0.807. The number of hydrogen-bond donors (Lipinski definition) is 1. The molecule has 2 bridgehead atoms. The predicted molar refractivity (Wildman–Crippen MR) is 93.2 cm³/mol. The maximum Gasteiger partial charge on any atom is 0.123 e. The summed E-state index contributed by atoms with van der Waals surface area (Å²) in [6.07, 6.45) is 5.35. The molecule has 25 heavy (non-hydrogen) atoms. The molecular weight excluding hydrogens is 320 g/mol. The first kappa shape index (κ1) is 16.4. The molecule has 0 radical (unpaired) electrons. The van der Waals surface area contributed by atoms with Crippen molar-refractivity contribution in [2.75, 3.05) is 6.61 Å². The highest BCUT2D eigenvalue weighted by Crippen LogP contribution is 2.30. The lowest BCUT2D eigenvalue weighted by atomic mass is 10.0. The van der Waals surface area contributed by atoms with Gasteiger partial charge in [-0.2, -0.15) is 0 Å². The molecule has 2 aliphatic rings. The Kier molecular flexibility index (Phi) is 4.64. The number of benzene rings is 2. The summed E-state index contributed by atoms with van der Waals surface area (Å²) in [5, 5.41) is 3.57. The van der Waals surface area contributed by atoms with E-state index in [1.807, 2.05) is 0 Å². The molecule has 0 amide bonds. The Bertz CT molecular complexity index is 709. The molecule has 2 aromatic rings. The summed E-state index contributed by atoms with van der Waals surface area (Å²) >= 11 is 0. The monoisotopic (exact) mass is 341 g/mol. The molecule has 2 aromatic carbocycles. The first-order valence-electron chi connectivity index (χ1n) is 8.75. The van der Waals surface area contributed by atoms with Gasteiger partial charge >= 0.3 is 0 Å². The summed E-state index contributed by atoms with van der Waals surface area (Å²) in [4.78, 5) is 0. The SMILES string of the molecule is Fc1ccc(C(OCC2=CC3CCC(C2)N3)c2ccc(F)cc2)cc1. The molecule has 4 rings (SSSR count). The lowest BCUT2D eigenvalue weighted by molar-refractivity contribution is 0.0958. The number of nitrogens with one attached hydrogen (secondary N) is 1. The lowest BCUT2D eigenvalue weighted by Crippen LogP contribution is -2.33. The smallest absolute Gasteiger partial charge is 0.123 e. The van der Waals surface area contributed by atoms with Gasteiger partial charge in [-0.05, 0) is 60.2 Å². The van der Waals surface area contributed by atoms with Gasteiger partial charge in [0.05, 0.1) is 6.61 Å². The van der Waals surface area contributed by atoms with Crippen LogP contribution in [0.5, 0.6) is 0 Å². The Morgan fingerprint density at radius 1 is 0.920 bits per heavy atom. The molecule has 0 spiro atoms. The minimum absolute atomic E-state index is 0.278. The van der Waals surface area contributed by atoms with Crippen molar-refractivity contribution >= 4 is 0 Å². The largest absolute Gasteiger partial charge is 0.364 e. The highest BCUT2D eigenvalue weighted by atomic mass is 19.1.